The molecule has 2 heterocycles. The molecule has 1 aliphatic heterocycles. The standard InChI is InChI=1S/C22H30N6O5/c1-14(29)23-18(13-15-6-5-7-17(12-15)31-2)19(30)24-16-8-10-28(11-9-16)20-25-21(32-3)27-22(26-20)33-4/h5-7,12,16,18H,8-11,13H2,1-4H3,(H,23,29)(H,24,30). The third-order valence-corrected chi connectivity index (χ3v) is 5.34. The van der Waals surface area contributed by atoms with Crippen LogP contribution in [0.3, 0.4) is 0 Å². The van der Waals surface area contributed by atoms with Crippen molar-refractivity contribution >= 4 is 17.8 Å². The number of methoxy groups -OCH3 is 3. The van der Waals surface area contributed by atoms with Crippen LogP contribution < -0.4 is 29.7 Å². The third-order valence-electron chi connectivity index (χ3n) is 5.34. The second-order valence-electron chi connectivity index (χ2n) is 7.69. The number of rotatable bonds is 9. The predicted molar refractivity (Wildman–Crippen MR) is 121 cm³/mol. The van der Waals surface area contributed by atoms with Crippen LogP contribution in [0.5, 0.6) is 17.8 Å². The molecule has 1 aromatic carbocycles. The molecule has 0 saturated carbocycles. The summed E-state index contributed by atoms with van der Waals surface area (Å²) in [6, 6.07) is 7.12. The molecule has 2 N–H and O–H groups in total. The molecular weight excluding hydrogens is 428 g/mol. The van der Waals surface area contributed by atoms with Gasteiger partial charge < -0.3 is 29.7 Å². The van der Waals surface area contributed by atoms with E-state index in [1.54, 1.807) is 7.11 Å². The minimum atomic E-state index is -0.676. The van der Waals surface area contributed by atoms with Gasteiger partial charge in [0.1, 0.15) is 11.8 Å². The van der Waals surface area contributed by atoms with Gasteiger partial charge in [-0.15, -0.1) is 4.98 Å². The van der Waals surface area contributed by atoms with Gasteiger partial charge in [0.2, 0.25) is 17.8 Å². The van der Waals surface area contributed by atoms with Gasteiger partial charge in [0.25, 0.3) is 0 Å². The second-order valence-corrected chi connectivity index (χ2v) is 7.69. The van der Waals surface area contributed by atoms with Crippen molar-refractivity contribution in [3.63, 3.8) is 0 Å². The average Bonchev–Trinajstić information content (AvgIpc) is 2.83. The molecule has 11 heteroatoms. The number of nitrogens with one attached hydrogen (secondary N) is 2. The van der Waals surface area contributed by atoms with Gasteiger partial charge in [0, 0.05) is 32.5 Å². The Kier molecular flexibility index (Phi) is 8.22. The molecule has 0 bridgehead atoms. The maximum atomic E-state index is 13.0. The lowest BCUT2D eigenvalue weighted by molar-refractivity contribution is -0.128. The summed E-state index contributed by atoms with van der Waals surface area (Å²) < 4.78 is 15.5. The molecule has 33 heavy (non-hydrogen) atoms. The number of carbonyl (C=O) groups excluding carboxylic acids is 2. The van der Waals surface area contributed by atoms with E-state index in [2.05, 4.69) is 25.6 Å². The molecule has 2 aromatic rings. The number of anilines is 1. The summed E-state index contributed by atoms with van der Waals surface area (Å²) in [7, 11) is 4.56. The van der Waals surface area contributed by atoms with E-state index >= 15 is 0 Å². The molecule has 1 aliphatic rings. The molecule has 3 rings (SSSR count). The van der Waals surface area contributed by atoms with Crippen molar-refractivity contribution in [2.75, 3.05) is 39.3 Å². The van der Waals surface area contributed by atoms with Crippen LogP contribution in [0.15, 0.2) is 24.3 Å². The Morgan fingerprint density at radius 2 is 1.73 bits per heavy atom. The van der Waals surface area contributed by atoms with E-state index in [1.807, 2.05) is 29.2 Å². The number of hydrogen-bond donors (Lipinski definition) is 2. The Labute approximate surface area is 192 Å². The fourth-order valence-corrected chi connectivity index (χ4v) is 3.67. The highest BCUT2D eigenvalue weighted by Crippen LogP contribution is 2.20. The molecule has 11 nitrogen and oxygen atoms in total. The molecule has 178 valence electrons. The first-order chi connectivity index (χ1) is 15.9. The van der Waals surface area contributed by atoms with E-state index in [9.17, 15) is 9.59 Å². The zero-order valence-corrected chi connectivity index (χ0v) is 19.3. The summed E-state index contributed by atoms with van der Waals surface area (Å²) in [5.41, 5.74) is 0.899. The Morgan fingerprint density at radius 1 is 1.06 bits per heavy atom. The average molecular weight is 459 g/mol. The van der Waals surface area contributed by atoms with Gasteiger partial charge in [-0.25, -0.2) is 0 Å². The summed E-state index contributed by atoms with van der Waals surface area (Å²) in [4.78, 5) is 39.3. The van der Waals surface area contributed by atoms with Crippen LogP contribution in [-0.2, 0) is 16.0 Å². The zero-order valence-electron chi connectivity index (χ0n) is 19.3. The van der Waals surface area contributed by atoms with Crippen molar-refractivity contribution in [1.29, 1.82) is 0 Å². The molecule has 1 saturated heterocycles. The smallest absolute Gasteiger partial charge is 0.324 e. The van der Waals surface area contributed by atoms with Crippen LogP contribution in [0.2, 0.25) is 0 Å². The van der Waals surface area contributed by atoms with E-state index in [1.165, 1.54) is 21.1 Å². The lowest BCUT2D eigenvalue weighted by Crippen LogP contribution is -2.52. The van der Waals surface area contributed by atoms with Crippen molar-refractivity contribution in [2.45, 2.75) is 38.3 Å². The summed E-state index contributed by atoms with van der Waals surface area (Å²) in [5.74, 6) is 0.701. The summed E-state index contributed by atoms with van der Waals surface area (Å²) in [6.45, 7) is 2.69. The summed E-state index contributed by atoms with van der Waals surface area (Å²) >= 11 is 0. The van der Waals surface area contributed by atoms with Crippen molar-refractivity contribution in [2.24, 2.45) is 0 Å². The molecule has 0 aliphatic carbocycles. The van der Waals surface area contributed by atoms with E-state index in [-0.39, 0.29) is 29.9 Å². The van der Waals surface area contributed by atoms with Gasteiger partial charge >= 0.3 is 12.0 Å². The maximum Gasteiger partial charge on any atom is 0.324 e. The van der Waals surface area contributed by atoms with Crippen LogP contribution in [0.4, 0.5) is 5.95 Å². The lowest BCUT2D eigenvalue weighted by atomic mass is 10.0. The lowest BCUT2D eigenvalue weighted by Gasteiger charge is -2.33. The molecular formula is C22H30N6O5. The van der Waals surface area contributed by atoms with E-state index < -0.39 is 6.04 Å². The van der Waals surface area contributed by atoms with E-state index in [4.69, 9.17) is 14.2 Å². The fraction of sp³-hybridized carbons (Fsp3) is 0.500. The molecule has 0 radical (unpaired) electrons. The van der Waals surface area contributed by atoms with Crippen LogP contribution in [0.25, 0.3) is 0 Å². The van der Waals surface area contributed by atoms with Crippen molar-refractivity contribution < 1.29 is 23.8 Å². The Morgan fingerprint density at radius 3 is 2.30 bits per heavy atom. The van der Waals surface area contributed by atoms with Crippen molar-refractivity contribution in [3.8, 4) is 17.8 Å². The number of piperidine rings is 1. The second kappa shape index (κ2) is 11.3. The highest BCUT2D eigenvalue weighted by Gasteiger charge is 2.27. The van der Waals surface area contributed by atoms with Crippen molar-refractivity contribution in [1.82, 2.24) is 25.6 Å². The predicted octanol–water partition coefficient (Wildman–Crippen LogP) is 0.730. The monoisotopic (exact) mass is 458 g/mol. The topological polar surface area (TPSA) is 128 Å². The Bertz CT molecular complexity index is 942. The molecule has 1 fully saturated rings. The van der Waals surface area contributed by atoms with Crippen LogP contribution in [0, 0.1) is 0 Å². The van der Waals surface area contributed by atoms with Gasteiger partial charge in [0.15, 0.2) is 0 Å². The van der Waals surface area contributed by atoms with Gasteiger partial charge in [-0.05, 0) is 30.5 Å². The Hall–Kier alpha value is -3.63. The Balaban J connectivity index is 1.60. The molecule has 2 amide bonds. The number of aromatic nitrogens is 3. The van der Waals surface area contributed by atoms with Crippen LogP contribution in [-0.4, -0.2) is 73.3 Å². The zero-order chi connectivity index (χ0) is 23.8. The highest BCUT2D eigenvalue weighted by molar-refractivity contribution is 5.87. The summed E-state index contributed by atoms with van der Waals surface area (Å²) in [6.07, 6.45) is 1.77. The molecule has 1 unspecified atom stereocenters. The van der Waals surface area contributed by atoms with Crippen molar-refractivity contribution in [3.05, 3.63) is 29.8 Å². The molecule has 1 atom stereocenters. The number of ether oxygens (including phenoxy) is 3. The largest absolute Gasteiger partial charge is 0.497 e. The minimum absolute atomic E-state index is 0.0269. The first-order valence-electron chi connectivity index (χ1n) is 10.7. The number of benzene rings is 1. The van der Waals surface area contributed by atoms with Gasteiger partial charge in [0.05, 0.1) is 21.3 Å². The normalized spacial score (nSPS) is 14.8. The fourth-order valence-electron chi connectivity index (χ4n) is 3.67. The van der Waals surface area contributed by atoms with Gasteiger partial charge in [-0.2, -0.15) is 9.97 Å². The first-order valence-corrected chi connectivity index (χ1v) is 10.7. The van der Waals surface area contributed by atoms with Crippen LogP contribution >= 0.6 is 0 Å². The number of nitrogens with zero attached hydrogens (tertiary/aromatic N) is 4. The van der Waals surface area contributed by atoms with Gasteiger partial charge in [-0.3, -0.25) is 9.59 Å². The third kappa shape index (κ3) is 6.67. The summed E-state index contributed by atoms with van der Waals surface area (Å²) in [5, 5.41) is 5.83. The van der Waals surface area contributed by atoms with Crippen LogP contribution in [0.1, 0.15) is 25.3 Å². The van der Waals surface area contributed by atoms with E-state index in [0.717, 1.165) is 5.56 Å². The van der Waals surface area contributed by atoms with Gasteiger partial charge in [-0.1, -0.05) is 12.1 Å². The molecule has 0 spiro atoms. The maximum absolute atomic E-state index is 13.0. The highest BCUT2D eigenvalue weighted by atomic mass is 16.5. The number of hydrogen-bond acceptors (Lipinski definition) is 9. The van der Waals surface area contributed by atoms with E-state index in [0.29, 0.717) is 44.0 Å². The number of carbonyl (C=O) groups is 2. The SMILES string of the molecule is COc1cccc(CC(NC(C)=O)C(=O)NC2CCN(c3nc(OC)nc(OC)n3)CC2)c1. The quantitative estimate of drug-likeness (QED) is 0.559. The molecule has 1 aromatic heterocycles. The number of amides is 2. The minimum Gasteiger partial charge on any atom is -0.497 e. The first kappa shape index (κ1) is 24.0.